The number of benzene rings is 2. The van der Waals surface area contributed by atoms with Crippen LogP contribution in [0.15, 0.2) is 29.2 Å². The summed E-state index contributed by atoms with van der Waals surface area (Å²) in [4.78, 5) is 43.2. The Morgan fingerprint density at radius 3 is 2.54 bits per heavy atom. The zero-order chi connectivity index (χ0) is 26.4. The van der Waals surface area contributed by atoms with E-state index in [-0.39, 0.29) is 57.2 Å². The molecule has 6 rings (SSSR count). The molecule has 0 bridgehead atoms. The smallest absolute Gasteiger partial charge is 0.256 e. The summed E-state index contributed by atoms with van der Waals surface area (Å²) in [5, 5.41) is 52.2. The van der Waals surface area contributed by atoms with Gasteiger partial charge >= 0.3 is 0 Å². The first-order chi connectivity index (χ1) is 17.6. The van der Waals surface area contributed by atoms with Crippen molar-refractivity contribution in [1.29, 1.82) is 0 Å². The highest BCUT2D eigenvalue weighted by Gasteiger charge is 2.57. The third-order valence-corrected chi connectivity index (χ3v) is 7.50. The average Bonchev–Trinajstić information content (AvgIpc) is 2.87. The van der Waals surface area contributed by atoms with Gasteiger partial charge in [-0.3, -0.25) is 14.4 Å². The number of carbonyl (C=O) groups excluding carboxylic acids is 2. The molecule has 1 aromatic heterocycles. The lowest BCUT2D eigenvalue weighted by Gasteiger charge is -2.50. The quantitative estimate of drug-likeness (QED) is 0.201. The molecule has 1 fully saturated rings. The Hall–Kier alpha value is -3.61. The van der Waals surface area contributed by atoms with Crippen LogP contribution >= 0.6 is 0 Å². The summed E-state index contributed by atoms with van der Waals surface area (Å²) in [6.07, 6.45) is -5.19. The topological polar surface area (TPSA) is 187 Å². The van der Waals surface area contributed by atoms with Gasteiger partial charge in [-0.15, -0.1) is 0 Å². The number of fused-ring (bicyclic) bond motifs is 7. The van der Waals surface area contributed by atoms with E-state index in [9.17, 15) is 39.9 Å². The lowest BCUT2D eigenvalue weighted by Crippen LogP contribution is -2.68. The zero-order valence-corrected chi connectivity index (χ0v) is 19.5. The standard InChI is InChI=1S/C26H23NO10/c1-9-6-12-16(13(29)7-9)21(32)18-17(19(12)30)10-3-5-27-25(35)15(10)11-2-4-26(37-23(11)18)24(34)22(33)20(31)14(8-28)36-26/h3,5-7,14,20,22,24,28-29,31,33-34H,2,4,8H2,1H3,(H,27,35)/t14-,20-,22+,24-,26+/m1/s1. The third-order valence-electron chi connectivity index (χ3n) is 7.50. The number of ketones is 2. The molecule has 1 saturated heterocycles. The van der Waals surface area contributed by atoms with Crippen LogP contribution < -0.4 is 10.3 Å². The molecular weight excluding hydrogens is 486 g/mol. The maximum Gasteiger partial charge on any atom is 0.256 e. The highest BCUT2D eigenvalue weighted by atomic mass is 16.7. The summed E-state index contributed by atoms with van der Waals surface area (Å²) in [5.41, 5.74) is -0.221. The van der Waals surface area contributed by atoms with Gasteiger partial charge < -0.3 is 40.0 Å². The van der Waals surface area contributed by atoms with Crippen molar-refractivity contribution in [3.8, 4) is 11.5 Å². The maximum absolute atomic E-state index is 13.9. The number of aromatic amines is 1. The first-order valence-corrected chi connectivity index (χ1v) is 11.7. The van der Waals surface area contributed by atoms with Crippen molar-refractivity contribution in [3.05, 3.63) is 68.1 Å². The second-order valence-electron chi connectivity index (χ2n) is 9.70. The minimum atomic E-state index is -2.00. The number of aromatic hydroxyl groups is 1. The number of phenols is 1. The fourth-order valence-electron chi connectivity index (χ4n) is 5.77. The molecule has 2 aliphatic heterocycles. The monoisotopic (exact) mass is 509 g/mol. The Morgan fingerprint density at radius 2 is 1.81 bits per heavy atom. The molecule has 1 aliphatic carbocycles. The van der Waals surface area contributed by atoms with Crippen molar-refractivity contribution in [2.75, 3.05) is 6.61 Å². The van der Waals surface area contributed by atoms with Gasteiger partial charge in [-0.25, -0.2) is 0 Å². The minimum Gasteiger partial charge on any atom is -0.507 e. The van der Waals surface area contributed by atoms with E-state index in [1.54, 1.807) is 6.92 Å². The van der Waals surface area contributed by atoms with E-state index in [0.717, 1.165) is 0 Å². The molecule has 0 radical (unpaired) electrons. The summed E-state index contributed by atoms with van der Waals surface area (Å²) in [5.74, 6) is -3.91. The average molecular weight is 509 g/mol. The van der Waals surface area contributed by atoms with Crippen LogP contribution in [0.3, 0.4) is 0 Å². The first kappa shape index (κ1) is 23.8. The van der Waals surface area contributed by atoms with Crippen LogP contribution in [-0.4, -0.2) is 78.9 Å². The van der Waals surface area contributed by atoms with Crippen molar-refractivity contribution in [2.24, 2.45) is 0 Å². The Kier molecular flexibility index (Phi) is 5.10. The summed E-state index contributed by atoms with van der Waals surface area (Å²) in [6.45, 7) is 0.964. The third kappa shape index (κ3) is 3.09. The van der Waals surface area contributed by atoms with Gasteiger partial charge in [0.15, 0.2) is 5.78 Å². The molecule has 0 amide bonds. The lowest BCUT2D eigenvalue weighted by molar-refractivity contribution is -0.342. The summed E-state index contributed by atoms with van der Waals surface area (Å²) >= 11 is 0. The van der Waals surface area contributed by atoms with E-state index >= 15 is 0 Å². The highest BCUT2D eigenvalue weighted by molar-refractivity contribution is 6.34. The number of ether oxygens (including phenoxy) is 2. The number of aryl methyl sites for hydroxylation is 2. The van der Waals surface area contributed by atoms with Crippen LogP contribution in [0.1, 0.15) is 49.4 Å². The highest BCUT2D eigenvalue weighted by Crippen LogP contribution is 2.49. The van der Waals surface area contributed by atoms with E-state index in [0.29, 0.717) is 5.56 Å². The number of rotatable bonds is 1. The summed E-state index contributed by atoms with van der Waals surface area (Å²) in [6, 6.07) is 4.35. The van der Waals surface area contributed by atoms with Gasteiger partial charge in [-0.2, -0.15) is 0 Å². The van der Waals surface area contributed by atoms with E-state index in [1.807, 2.05) is 0 Å². The molecule has 0 saturated carbocycles. The number of hydrogen-bond acceptors (Lipinski definition) is 10. The largest absolute Gasteiger partial charge is 0.507 e. The van der Waals surface area contributed by atoms with Crippen molar-refractivity contribution in [3.63, 3.8) is 0 Å². The lowest BCUT2D eigenvalue weighted by atomic mass is 9.77. The molecule has 37 heavy (non-hydrogen) atoms. The molecule has 1 spiro atoms. The number of aliphatic hydroxyl groups excluding tert-OH is 4. The Bertz CT molecular complexity index is 1570. The van der Waals surface area contributed by atoms with Crippen LogP contribution in [0.2, 0.25) is 0 Å². The fraction of sp³-hybridized carbons (Fsp3) is 0.346. The number of carbonyl (C=O) groups is 2. The molecule has 192 valence electrons. The second kappa shape index (κ2) is 7.94. The number of nitrogens with one attached hydrogen (secondary N) is 1. The number of pyridine rings is 1. The predicted molar refractivity (Wildman–Crippen MR) is 126 cm³/mol. The van der Waals surface area contributed by atoms with Gasteiger partial charge in [-0.05, 0) is 37.1 Å². The molecule has 3 aliphatic rings. The maximum atomic E-state index is 13.9. The minimum absolute atomic E-state index is 0.0186. The SMILES string of the molecule is Cc1cc(O)c2c(c1)C(=O)c1c(c3c(c4c(=O)[nH]ccc14)CC[C@@]1(O3)O[C@H](CO)[C@@H](O)[C@H](O)[C@H]1O)C2=O. The van der Waals surface area contributed by atoms with Crippen molar-refractivity contribution >= 4 is 22.3 Å². The molecule has 2 aromatic carbocycles. The van der Waals surface area contributed by atoms with Gasteiger partial charge in [-0.1, -0.05) is 0 Å². The zero-order valence-electron chi connectivity index (χ0n) is 19.5. The molecule has 11 nitrogen and oxygen atoms in total. The second-order valence-corrected chi connectivity index (χ2v) is 9.70. The van der Waals surface area contributed by atoms with Crippen molar-refractivity contribution in [2.45, 2.75) is 50.0 Å². The van der Waals surface area contributed by atoms with Crippen LogP contribution in [0.25, 0.3) is 10.8 Å². The van der Waals surface area contributed by atoms with Gasteiger partial charge in [0.05, 0.1) is 23.1 Å². The Morgan fingerprint density at radius 1 is 1.05 bits per heavy atom. The van der Waals surface area contributed by atoms with Gasteiger partial charge in [0.1, 0.15) is 35.9 Å². The van der Waals surface area contributed by atoms with E-state index in [1.165, 1.54) is 24.4 Å². The molecule has 3 heterocycles. The number of H-pyrrole nitrogens is 1. The molecule has 6 N–H and O–H groups in total. The predicted octanol–water partition coefficient (Wildman–Crippen LogP) is -0.187. The first-order valence-electron chi connectivity index (χ1n) is 11.7. The number of aromatic nitrogens is 1. The van der Waals surface area contributed by atoms with Crippen LogP contribution in [-0.2, 0) is 11.2 Å². The Labute approximate surface area is 208 Å². The van der Waals surface area contributed by atoms with Crippen LogP contribution in [0, 0.1) is 6.92 Å². The fourth-order valence-corrected chi connectivity index (χ4v) is 5.77. The molecule has 0 unspecified atom stereocenters. The summed E-state index contributed by atoms with van der Waals surface area (Å²) in [7, 11) is 0. The van der Waals surface area contributed by atoms with E-state index in [2.05, 4.69) is 4.98 Å². The van der Waals surface area contributed by atoms with Gasteiger partial charge in [0.25, 0.3) is 5.56 Å². The van der Waals surface area contributed by atoms with E-state index < -0.39 is 59.7 Å². The van der Waals surface area contributed by atoms with Crippen molar-refractivity contribution < 1.29 is 44.6 Å². The van der Waals surface area contributed by atoms with Gasteiger partial charge in [0.2, 0.25) is 11.6 Å². The van der Waals surface area contributed by atoms with Crippen LogP contribution in [0.4, 0.5) is 0 Å². The number of hydrogen-bond donors (Lipinski definition) is 6. The molecular formula is C26H23NO10. The Balaban J connectivity index is 1.65. The van der Waals surface area contributed by atoms with Crippen LogP contribution in [0.5, 0.6) is 11.5 Å². The van der Waals surface area contributed by atoms with Crippen molar-refractivity contribution in [1.82, 2.24) is 4.98 Å². The molecule has 11 heteroatoms. The normalized spacial score (nSPS) is 28.6. The van der Waals surface area contributed by atoms with Gasteiger partial charge in [0, 0.05) is 34.7 Å². The number of phenolic OH excluding ortho intramolecular Hbond substituents is 1. The number of aliphatic hydroxyl groups is 4. The van der Waals surface area contributed by atoms with E-state index in [4.69, 9.17) is 9.47 Å². The molecule has 5 atom stereocenters. The summed E-state index contributed by atoms with van der Waals surface area (Å²) < 4.78 is 11.9. The molecule has 3 aromatic rings.